The summed E-state index contributed by atoms with van der Waals surface area (Å²) in [5.41, 5.74) is 1.44. The Kier molecular flexibility index (Phi) is 5.97. The van der Waals surface area contributed by atoms with Gasteiger partial charge in [-0.25, -0.2) is 9.59 Å². The lowest BCUT2D eigenvalue weighted by molar-refractivity contribution is -0.114. The van der Waals surface area contributed by atoms with Gasteiger partial charge in [-0.2, -0.15) is 5.06 Å². The van der Waals surface area contributed by atoms with E-state index in [0.717, 1.165) is 23.0 Å². The molecule has 1 spiro atoms. The average molecular weight is 497 g/mol. The van der Waals surface area contributed by atoms with Crippen molar-refractivity contribution in [2.24, 2.45) is 0 Å². The maximum atomic E-state index is 12.7. The van der Waals surface area contributed by atoms with E-state index < -0.39 is 38.9 Å². The number of carbonyl (C=O) groups excluding carboxylic acids is 2. The zero-order valence-corrected chi connectivity index (χ0v) is 19.0. The van der Waals surface area contributed by atoms with Crippen molar-refractivity contribution in [1.29, 1.82) is 0 Å². The van der Waals surface area contributed by atoms with Crippen LogP contribution in [0.1, 0.15) is 12.0 Å². The van der Waals surface area contributed by atoms with Crippen LogP contribution in [0.2, 0.25) is 0 Å². The summed E-state index contributed by atoms with van der Waals surface area (Å²) in [6, 6.07) is 6.88. The molecule has 0 aliphatic carbocycles. The van der Waals surface area contributed by atoms with E-state index in [9.17, 15) is 14.8 Å². The van der Waals surface area contributed by atoms with E-state index >= 15 is 0 Å². The average Bonchev–Trinajstić information content (AvgIpc) is 3.29. The highest BCUT2D eigenvalue weighted by molar-refractivity contribution is 8.13. The second-order valence-electron chi connectivity index (χ2n) is 7.40. The van der Waals surface area contributed by atoms with Gasteiger partial charge in [0.25, 0.3) is 0 Å². The third-order valence-corrected chi connectivity index (χ3v) is 7.11. The number of amides is 1. The molecule has 2 N–H and O–H groups in total. The van der Waals surface area contributed by atoms with Crippen LogP contribution in [0.4, 0.5) is 15.3 Å². The lowest BCUT2D eigenvalue weighted by Crippen LogP contribution is -2.50. The predicted molar refractivity (Wildman–Crippen MR) is 115 cm³/mol. The number of benzene rings is 1. The van der Waals surface area contributed by atoms with Crippen molar-refractivity contribution in [3.63, 3.8) is 0 Å². The van der Waals surface area contributed by atoms with E-state index in [2.05, 4.69) is 5.32 Å². The van der Waals surface area contributed by atoms with Gasteiger partial charge < -0.3 is 20.0 Å². The fourth-order valence-electron chi connectivity index (χ4n) is 4.94. The number of fused-ring (bicyclic) bond motifs is 1. The molecule has 0 aromatic heterocycles. The maximum absolute atomic E-state index is 12.7. The van der Waals surface area contributed by atoms with Crippen LogP contribution in [0, 0.1) is 0 Å². The van der Waals surface area contributed by atoms with Crippen molar-refractivity contribution in [2.75, 3.05) is 31.3 Å². The summed E-state index contributed by atoms with van der Waals surface area (Å²) in [5, 5.41) is 14.8. The minimum atomic E-state index is -1.70. The third-order valence-electron chi connectivity index (χ3n) is 5.92. The quantitative estimate of drug-likeness (QED) is 0.482. The molecule has 2 fully saturated rings. The summed E-state index contributed by atoms with van der Waals surface area (Å²) in [6.45, 7) is 0.0665. The number of methoxy groups -OCH3 is 1. The number of halogens is 3. The Hall–Kier alpha value is -1.10. The minimum absolute atomic E-state index is 0.178. The highest BCUT2D eigenvalue weighted by Crippen LogP contribution is 2.57. The second-order valence-corrected chi connectivity index (χ2v) is 10.9. The first-order valence-electron chi connectivity index (χ1n) is 9.23. The van der Waals surface area contributed by atoms with Crippen LogP contribution in [0.15, 0.2) is 24.3 Å². The molecule has 30 heavy (non-hydrogen) atoms. The van der Waals surface area contributed by atoms with Gasteiger partial charge in [-0.15, -0.1) is 0 Å². The van der Waals surface area contributed by atoms with E-state index in [-0.39, 0.29) is 12.4 Å². The van der Waals surface area contributed by atoms with Crippen LogP contribution in [0.25, 0.3) is 0 Å². The van der Waals surface area contributed by atoms with Crippen LogP contribution in [-0.4, -0.2) is 74.6 Å². The summed E-state index contributed by atoms with van der Waals surface area (Å²) in [7, 11) is 1.31. The van der Waals surface area contributed by atoms with Crippen LogP contribution in [0.5, 0.6) is 0 Å². The number of rotatable bonds is 3. The Morgan fingerprint density at radius 3 is 2.80 bits per heavy atom. The van der Waals surface area contributed by atoms with Crippen molar-refractivity contribution in [3.05, 3.63) is 29.8 Å². The van der Waals surface area contributed by atoms with E-state index in [4.69, 9.17) is 44.3 Å². The van der Waals surface area contributed by atoms with Gasteiger partial charge in [0.2, 0.25) is 3.79 Å². The molecular weight excluding hydrogens is 477 g/mol. The smallest absolute Gasteiger partial charge is 0.411 e. The minimum Gasteiger partial charge on any atom is -0.453 e. The third kappa shape index (κ3) is 3.59. The normalized spacial score (nSPS) is 29.8. The number of hydrogen-bond acceptors (Lipinski definition) is 8. The number of nitrogens with zero attached hydrogens (tertiary/aromatic N) is 2. The lowest BCUT2D eigenvalue weighted by Gasteiger charge is -2.31. The Morgan fingerprint density at radius 2 is 2.10 bits per heavy atom. The van der Waals surface area contributed by atoms with Gasteiger partial charge in [0, 0.05) is 18.0 Å². The Bertz CT molecular complexity index is 857. The lowest BCUT2D eigenvalue weighted by atomic mass is 9.75. The molecule has 3 aliphatic heterocycles. The first kappa shape index (κ1) is 22.1. The monoisotopic (exact) mass is 495 g/mol. The molecule has 164 valence electrons. The Morgan fingerprint density at radius 1 is 1.37 bits per heavy atom. The number of hydroxylamine groups is 2. The van der Waals surface area contributed by atoms with Gasteiger partial charge in [-0.3, -0.25) is 4.90 Å². The van der Waals surface area contributed by atoms with Crippen LogP contribution < -0.4 is 5.32 Å². The Labute approximate surface area is 192 Å². The van der Waals surface area contributed by atoms with Crippen LogP contribution >= 0.6 is 46.6 Å². The van der Waals surface area contributed by atoms with Crippen molar-refractivity contribution in [3.8, 4) is 0 Å². The molecule has 0 radical (unpaired) electrons. The molecule has 12 heteroatoms. The standard InChI is InChI=1S/C18H20Cl3N3O5S/c1-28-15(25)24-12(8-30-16(26)29-9-18(19,20)21)13-17(6-7-23(13)27)10-4-2-3-5-11(10)22-14(17)24/h2-5,12-14,22,27H,6-9H2,1H3/t12-,13-,14-,17?/m0/s1. The first-order chi connectivity index (χ1) is 14.2. The highest BCUT2D eigenvalue weighted by atomic mass is 35.6. The van der Waals surface area contributed by atoms with Crippen molar-refractivity contribution >= 4 is 63.6 Å². The molecule has 0 saturated carbocycles. The molecule has 1 amide bonds. The summed E-state index contributed by atoms with van der Waals surface area (Å²) >= 11 is 17.7. The maximum Gasteiger partial charge on any atom is 0.411 e. The number of anilines is 1. The SMILES string of the molecule is COC(=O)N1[C@@H](CSC(=O)OCC(Cl)(Cl)Cl)[C@@H]2N(O)CCC23c2ccccc2N[C@@H]13. The largest absolute Gasteiger partial charge is 0.453 e. The molecule has 4 rings (SSSR count). The summed E-state index contributed by atoms with van der Waals surface area (Å²) in [5.74, 6) is 0.178. The molecular formula is C18H20Cl3N3O5S. The zero-order valence-electron chi connectivity index (χ0n) is 15.9. The second kappa shape index (κ2) is 8.11. The molecule has 3 aliphatic rings. The van der Waals surface area contributed by atoms with Gasteiger partial charge in [0.15, 0.2) is 0 Å². The molecule has 8 nitrogen and oxygen atoms in total. The highest BCUT2D eigenvalue weighted by Gasteiger charge is 2.69. The van der Waals surface area contributed by atoms with Crippen LogP contribution in [-0.2, 0) is 14.9 Å². The van der Waals surface area contributed by atoms with Crippen molar-refractivity contribution in [1.82, 2.24) is 9.96 Å². The number of alkyl halides is 3. The van der Waals surface area contributed by atoms with Gasteiger partial charge in [0.1, 0.15) is 12.8 Å². The van der Waals surface area contributed by atoms with E-state index in [1.54, 1.807) is 4.90 Å². The number of carbonyl (C=O) groups is 2. The molecule has 3 heterocycles. The fraction of sp³-hybridized carbons (Fsp3) is 0.556. The Balaban J connectivity index is 1.62. The molecule has 4 atom stereocenters. The predicted octanol–water partition coefficient (Wildman–Crippen LogP) is 3.83. The number of para-hydroxylation sites is 1. The van der Waals surface area contributed by atoms with Crippen molar-refractivity contribution in [2.45, 2.75) is 33.9 Å². The molecule has 1 aromatic carbocycles. The van der Waals surface area contributed by atoms with Gasteiger partial charge in [-0.05, 0) is 29.8 Å². The number of nitrogens with one attached hydrogen (secondary N) is 1. The first-order valence-corrected chi connectivity index (χ1v) is 11.3. The van der Waals surface area contributed by atoms with E-state index in [0.29, 0.717) is 13.0 Å². The number of likely N-dealkylation sites (tertiary alicyclic amines) is 1. The number of ether oxygens (including phenoxy) is 2. The van der Waals surface area contributed by atoms with Gasteiger partial charge in [0.05, 0.1) is 24.6 Å². The summed E-state index contributed by atoms with van der Waals surface area (Å²) in [4.78, 5) is 26.5. The van der Waals surface area contributed by atoms with Crippen LogP contribution in [0.3, 0.4) is 0 Å². The van der Waals surface area contributed by atoms with E-state index in [1.807, 2.05) is 24.3 Å². The van der Waals surface area contributed by atoms with Gasteiger partial charge >= 0.3 is 11.4 Å². The summed E-state index contributed by atoms with van der Waals surface area (Å²) < 4.78 is 8.31. The zero-order chi connectivity index (χ0) is 21.7. The molecule has 0 bridgehead atoms. The van der Waals surface area contributed by atoms with Crippen molar-refractivity contribution < 1.29 is 24.3 Å². The molecule has 1 aromatic rings. The van der Waals surface area contributed by atoms with E-state index in [1.165, 1.54) is 12.2 Å². The molecule has 1 unspecified atom stereocenters. The molecule has 2 saturated heterocycles. The topological polar surface area (TPSA) is 91.3 Å². The summed E-state index contributed by atoms with van der Waals surface area (Å²) in [6.07, 6.45) is -0.301. The number of hydrogen-bond donors (Lipinski definition) is 2. The fourth-order valence-corrected chi connectivity index (χ4v) is 5.90. The number of thioether (sulfide) groups is 1. The van der Waals surface area contributed by atoms with Gasteiger partial charge in [-0.1, -0.05) is 53.0 Å².